The molecular formula is C32H47N3O5. The molecule has 0 aliphatic heterocycles. The second-order valence-corrected chi connectivity index (χ2v) is 12.5. The molecule has 0 aromatic heterocycles. The van der Waals surface area contributed by atoms with Crippen LogP contribution in [0.1, 0.15) is 89.6 Å². The van der Waals surface area contributed by atoms with E-state index in [2.05, 4.69) is 10.6 Å². The van der Waals surface area contributed by atoms with Crippen molar-refractivity contribution >= 4 is 17.9 Å². The fourth-order valence-corrected chi connectivity index (χ4v) is 4.36. The molecule has 2 atom stereocenters. The lowest BCUT2D eigenvalue weighted by molar-refractivity contribution is -0.143. The first-order chi connectivity index (χ1) is 18.5. The van der Waals surface area contributed by atoms with Crippen molar-refractivity contribution in [2.75, 3.05) is 6.54 Å². The van der Waals surface area contributed by atoms with Crippen LogP contribution in [0.2, 0.25) is 0 Å². The van der Waals surface area contributed by atoms with Gasteiger partial charge >= 0.3 is 6.09 Å². The molecular weight excluding hydrogens is 506 g/mol. The SMILES string of the molecule is CCCCN(C(=O)C(Cc1ccc(O)cc1)NC(=O)OC(C)(C)C)C(C(=O)NC(C)(C)C)c1cc(C)ccc1C. The van der Waals surface area contributed by atoms with E-state index >= 15 is 0 Å². The molecule has 0 spiro atoms. The Morgan fingerprint density at radius 1 is 0.975 bits per heavy atom. The monoisotopic (exact) mass is 553 g/mol. The second-order valence-electron chi connectivity index (χ2n) is 12.5. The van der Waals surface area contributed by atoms with Crippen molar-refractivity contribution in [1.29, 1.82) is 0 Å². The highest BCUT2D eigenvalue weighted by molar-refractivity contribution is 5.92. The number of nitrogens with one attached hydrogen (secondary N) is 2. The standard InChI is InChI=1S/C32H47N3O5/c1-10-11-18-35(27(28(37)34-31(4,5)6)25-19-21(2)12-13-22(25)3)29(38)26(33-30(39)40-32(7,8)9)20-23-14-16-24(36)17-15-23/h12-17,19,26-27,36H,10-11,18,20H2,1-9H3,(H,33,39)(H,34,37). The fourth-order valence-electron chi connectivity index (χ4n) is 4.36. The number of rotatable bonds is 10. The molecule has 3 N–H and O–H groups in total. The van der Waals surface area contributed by atoms with E-state index in [1.165, 1.54) is 12.1 Å². The molecule has 0 bridgehead atoms. The Morgan fingerprint density at radius 3 is 2.15 bits per heavy atom. The number of nitrogens with zero attached hydrogens (tertiary/aromatic N) is 1. The van der Waals surface area contributed by atoms with Gasteiger partial charge in [-0.3, -0.25) is 9.59 Å². The number of hydrogen-bond donors (Lipinski definition) is 3. The molecule has 0 saturated heterocycles. The number of carbonyl (C=O) groups is 3. The summed E-state index contributed by atoms with van der Waals surface area (Å²) >= 11 is 0. The minimum Gasteiger partial charge on any atom is -0.508 e. The summed E-state index contributed by atoms with van der Waals surface area (Å²) in [7, 11) is 0. The number of amides is 3. The number of unbranched alkanes of at least 4 members (excludes halogenated alkanes) is 1. The van der Waals surface area contributed by atoms with Gasteiger partial charge in [0.25, 0.3) is 0 Å². The van der Waals surface area contributed by atoms with Crippen molar-refractivity contribution in [3.63, 3.8) is 0 Å². The number of phenolic OH excluding ortho intramolecular Hbond substituents is 1. The topological polar surface area (TPSA) is 108 Å². The van der Waals surface area contributed by atoms with Crippen LogP contribution >= 0.6 is 0 Å². The predicted molar refractivity (Wildman–Crippen MR) is 158 cm³/mol. The molecule has 8 heteroatoms. The zero-order chi connectivity index (χ0) is 30.3. The molecule has 2 unspecified atom stereocenters. The number of ether oxygens (including phenoxy) is 1. The average molecular weight is 554 g/mol. The zero-order valence-corrected chi connectivity index (χ0v) is 25.6. The van der Waals surface area contributed by atoms with Crippen molar-refractivity contribution < 1.29 is 24.2 Å². The van der Waals surface area contributed by atoms with Crippen LogP contribution in [0.15, 0.2) is 42.5 Å². The minimum absolute atomic E-state index is 0.102. The molecule has 40 heavy (non-hydrogen) atoms. The third-order valence-electron chi connectivity index (χ3n) is 6.19. The Kier molecular flexibility index (Phi) is 11.2. The van der Waals surface area contributed by atoms with E-state index in [9.17, 15) is 19.5 Å². The van der Waals surface area contributed by atoms with Gasteiger partial charge in [-0.25, -0.2) is 4.79 Å². The van der Waals surface area contributed by atoms with Gasteiger partial charge in [0.15, 0.2) is 0 Å². The molecule has 2 aromatic carbocycles. The highest BCUT2D eigenvalue weighted by atomic mass is 16.6. The van der Waals surface area contributed by atoms with Crippen LogP contribution in [-0.4, -0.2) is 51.6 Å². The molecule has 0 saturated carbocycles. The van der Waals surface area contributed by atoms with Crippen LogP contribution in [0.25, 0.3) is 0 Å². The van der Waals surface area contributed by atoms with E-state index < -0.39 is 29.3 Å². The number of phenols is 1. The van der Waals surface area contributed by atoms with Gasteiger partial charge in [-0.2, -0.15) is 0 Å². The fraction of sp³-hybridized carbons (Fsp3) is 0.531. The van der Waals surface area contributed by atoms with Gasteiger partial charge < -0.3 is 25.4 Å². The molecule has 0 radical (unpaired) electrons. The Morgan fingerprint density at radius 2 is 1.60 bits per heavy atom. The van der Waals surface area contributed by atoms with Crippen molar-refractivity contribution in [2.24, 2.45) is 0 Å². The third kappa shape index (κ3) is 10.2. The first-order valence-electron chi connectivity index (χ1n) is 14.0. The summed E-state index contributed by atoms with van der Waals surface area (Å²) in [5, 5.41) is 15.6. The lowest BCUT2D eigenvalue weighted by Crippen LogP contribution is -2.55. The summed E-state index contributed by atoms with van der Waals surface area (Å²) in [5.41, 5.74) is 2.07. The Bertz CT molecular complexity index is 1160. The van der Waals surface area contributed by atoms with Crippen molar-refractivity contribution in [1.82, 2.24) is 15.5 Å². The maximum absolute atomic E-state index is 14.4. The van der Waals surface area contributed by atoms with E-state index in [0.717, 1.165) is 28.7 Å². The molecule has 0 aliphatic carbocycles. The highest BCUT2D eigenvalue weighted by Gasteiger charge is 2.37. The van der Waals surface area contributed by atoms with Gasteiger partial charge in [0.2, 0.25) is 11.8 Å². The number of aryl methyl sites for hydroxylation is 2. The zero-order valence-electron chi connectivity index (χ0n) is 25.6. The van der Waals surface area contributed by atoms with Gasteiger partial charge in [0.1, 0.15) is 23.4 Å². The smallest absolute Gasteiger partial charge is 0.408 e. The lowest BCUT2D eigenvalue weighted by atomic mass is 9.94. The minimum atomic E-state index is -1.01. The van der Waals surface area contributed by atoms with Crippen LogP contribution < -0.4 is 10.6 Å². The first kappa shape index (κ1) is 32.7. The molecule has 0 heterocycles. The second kappa shape index (κ2) is 13.7. The van der Waals surface area contributed by atoms with Gasteiger partial charge in [0, 0.05) is 18.5 Å². The van der Waals surface area contributed by atoms with Crippen molar-refractivity contribution in [3.8, 4) is 5.75 Å². The Hall–Kier alpha value is -3.55. The molecule has 3 amide bonds. The van der Waals surface area contributed by atoms with Crippen LogP contribution in [0, 0.1) is 13.8 Å². The molecule has 220 valence electrons. The molecule has 8 nitrogen and oxygen atoms in total. The maximum Gasteiger partial charge on any atom is 0.408 e. The Balaban J connectivity index is 2.63. The van der Waals surface area contributed by atoms with Gasteiger partial charge in [0.05, 0.1) is 0 Å². The summed E-state index contributed by atoms with van der Waals surface area (Å²) in [6.45, 7) is 17.2. The van der Waals surface area contributed by atoms with E-state index in [1.54, 1.807) is 37.8 Å². The van der Waals surface area contributed by atoms with E-state index in [-0.39, 0.29) is 24.0 Å². The summed E-state index contributed by atoms with van der Waals surface area (Å²) in [6, 6.07) is 10.5. The number of benzene rings is 2. The van der Waals surface area contributed by atoms with Gasteiger partial charge in [-0.05, 0) is 90.6 Å². The van der Waals surface area contributed by atoms with Gasteiger partial charge in [-0.15, -0.1) is 0 Å². The van der Waals surface area contributed by atoms with E-state index in [1.807, 2.05) is 59.7 Å². The van der Waals surface area contributed by atoms with E-state index in [0.29, 0.717) is 13.0 Å². The first-order valence-corrected chi connectivity index (χ1v) is 14.0. The molecule has 2 aromatic rings. The quantitative estimate of drug-likeness (QED) is 0.348. The van der Waals surface area contributed by atoms with Crippen LogP contribution in [0.4, 0.5) is 4.79 Å². The molecule has 0 aliphatic rings. The van der Waals surface area contributed by atoms with Crippen molar-refractivity contribution in [2.45, 2.75) is 105 Å². The number of aromatic hydroxyl groups is 1. The number of alkyl carbamates (subject to hydrolysis) is 1. The summed E-state index contributed by atoms with van der Waals surface area (Å²) in [4.78, 5) is 42.8. The number of hydrogen-bond acceptors (Lipinski definition) is 5. The molecule has 0 fully saturated rings. The van der Waals surface area contributed by atoms with E-state index in [4.69, 9.17) is 4.74 Å². The summed E-state index contributed by atoms with van der Waals surface area (Å²) in [5.74, 6) is -0.571. The molecule has 2 rings (SSSR count). The lowest BCUT2D eigenvalue weighted by Gasteiger charge is -2.36. The van der Waals surface area contributed by atoms with Crippen LogP contribution in [-0.2, 0) is 20.7 Å². The van der Waals surface area contributed by atoms with Crippen LogP contribution in [0.5, 0.6) is 5.75 Å². The third-order valence-corrected chi connectivity index (χ3v) is 6.19. The summed E-state index contributed by atoms with van der Waals surface area (Å²) in [6.07, 6.45) is 0.921. The normalized spacial score (nSPS) is 13.2. The average Bonchev–Trinajstić information content (AvgIpc) is 2.81. The Labute approximate surface area is 239 Å². The predicted octanol–water partition coefficient (Wildman–Crippen LogP) is 5.73. The largest absolute Gasteiger partial charge is 0.508 e. The summed E-state index contributed by atoms with van der Waals surface area (Å²) < 4.78 is 5.49. The number of carbonyl (C=O) groups excluding carboxylic acids is 3. The highest BCUT2D eigenvalue weighted by Crippen LogP contribution is 2.28. The van der Waals surface area contributed by atoms with Crippen LogP contribution in [0.3, 0.4) is 0 Å². The maximum atomic E-state index is 14.4. The van der Waals surface area contributed by atoms with Gasteiger partial charge in [-0.1, -0.05) is 49.2 Å². The van der Waals surface area contributed by atoms with Crippen molar-refractivity contribution in [3.05, 3.63) is 64.7 Å².